The summed E-state index contributed by atoms with van der Waals surface area (Å²) in [7, 11) is 1.71. The van der Waals surface area contributed by atoms with Gasteiger partial charge in [0.2, 0.25) is 0 Å². The van der Waals surface area contributed by atoms with Crippen molar-refractivity contribution in [3.8, 4) is 11.3 Å². The molecule has 0 atom stereocenters. The van der Waals surface area contributed by atoms with Gasteiger partial charge >= 0.3 is 0 Å². The van der Waals surface area contributed by atoms with E-state index in [9.17, 15) is 8.78 Å². The average Bonchev–Trinajstić information content (AvgIpc) is 2.55. The molecule has 0 saturated heterocycles. The minimum absolute atomic E-state index is 0.294. The molecule has 0 aliphatic rings. The molecule has 1 heterocycles. The van der Waals surface area contributed by atoms with Crippen LogP contribution in [0, 0.1) is 18.6 Å². The van der Waals surface area contributed by atoms with Crippen molar-refractivity contribution in [1.82, 2.24) is 9.78 Å². The van der Waals surface area contributed by atoms with Crippen molar-refractivity contribution < 1.29 is 8.78 Å². The summed E-state index contributed by atoms with van der Waals surface area (Å²) in [4.78, 5) is 0. The van der Waals surface area contributed by atoms with Gasteiger partial charge < -0.3 is 5.73 Å². The van der Waals surface area contributed by atoms with Crippen LogP contribution < -0.4 is 5.73 Å². The van der Waals surface area contributed by atoms with Gasteiger partial charge in [0.15, 0.2) is 0 Å². The van der Waals surface area contributed by atoms with Gasteiger partial charge in [-0.05, 0) is 24.6 Å². The lowest BCUT2D eigenvalue weighted by Crippen LogP contribution is -1.99. The second kappa shape index (κ2) is 4.25. The zero-order valence-electron chi connectivity index (χ0n) is 9.67. The van der Waals surface area contributed by atoms with Crippen molar-refractivity contribution in [2.45, 2.75) is 13.5 Å². The molecule has 0 aliphatic heterocycles. The van der Waals surface area contributed by atoms with Crippen LogP contribution in [0.25, 0.3) is 11.3 Å². The highest BCUT2D eigenvalue weighted by molar-refractivity contribution is 5.65. The molecule has 0 radical (unpaired) electrons. The van der Waals surface area contributed by atoms with Crippen LogP contribution in [-0.2, 0) is 13.6 Å². The monoisotopic (exact) mass is 237 g/mol. The van der Waals surface area contributed by atoms with Crippen LogP contribution in [0.4, 0.5) is 8.78 Å². The van der Waals surface area contributed by atoms with Crippen LogP contribution in [0.3, 0.4) is 0 Å². The van der Waals surface area contributed by atoms with E-state index in [4.69, 9.17) is 5.73 Å². The van der Waals surface area contributed by atoms with E-state index < -0.39 is 11.6 Å². The molecule has 0 amide bonds. The van der Waals surface area contributed by atoms with E-state index in [1.165, 1.54) is 12.1 Å². The Morgan fingerprint density at radius 3 is 2.59 bits per heavy atom. The van der Waals surface area contributed by atoms with Crippen LogP contribution >= 0.6 is 0 Å². The first kappa shape index (κ1) is 11.7. The molecule has 0 spiro atoms. The van der Waals surface area contributed by atoms with E-state index in [0.717, 1.165) is 11.6 Å². The van der Waals surface area contributed by atoms with Crippen molar-refractivity contribution in [1.29, 1.82) is 0 Å². The molecule has 5 heteroatoms. The van der Waals surface area contributed by atoms with E-state index in [2.05, 4.69) is 5.10 Å². The topological polar surface area (TPSA) is 43.8 Å². The second-order valence-corrected chi connectivity index (χ2v) is 3.87. The van der Waals surface area contributed by atoms with Crippen molar-refractivity contribution in [2.75, 3.05) is 0 Å². The number of nitrogens with zero attached hydrogens (tertiary/aromatic N) is 2. The molecule has 2 rings (SSSR count). The largest absolute Gasteiger partial charge is 0.325 e. The fourth-order valence-corrected chi connectivity index (χ4v) is 1.94. The summed E-state index contributed by atoms with van der Waals surface area (Å²) in [6, 6.07) is 3.51. The number of nitrogens with two attached hydrogens (primary N) is 1. The third kappa shape index (κ3) is 1.93. The van der Waals surface area contributed by atoms with Crippen LogP contribution in [0.2, 0.25) is 0 Å². The number of aryl methyl sites for hydroxylation is 1. The maximum Gasteiger partial charge on any atom is 0.135 e. The van der Waals surface area contributed by atoms with E-state index in [-0.39, 0.29) is 0 Å². The van der Waals surface area contributed by atoms with Crippen LogP contribution in [0.5, 0.6) is 0 Å². The van der Waals surface area contributed by atoms with Gasteiger partial charge in [0, 0.05) is 25.2 Å². The minimum atomic E-state index is -0.598. The van der Waals surface area contributed by atoms with Gasteiger partial charge in [-0.25, -0.2) is 8.78 Å². The SMILES string of the molecule is Cc1c(CN)nn(C)c1-c1ccc(F)cc1F. The van der Waals surface area contributed by atoms with E-state index >= 15 is 0 Å². The normalized spacial score (nSPS) is 10.9. The molecule has 2 N–H and O–H groups in total. The standard InChI is InChI=1S/C12H13F2N3/c1-7-11(6-15)16-17(2)12(7)9-4-3-8(13)5-10(9)14/h3-5H,6,15H2,1-2H3. The Kier molecular flexibility index (Phi) is 2.93. The maximum absolute atomic E-state index is 13.7. The van der Waals surface area contributed by atoms with E-state index in [0.29, 0.717) is 23.5 Å². The van der Waals surface area contributed by atoms with Crippen molar-refractivity contribution in [3.05, 3.63) is 41.1 Å². The highest BCUT2D eigenvalue weighted by Gasteiger charge is 2.16. The fraction of sp³-hybridized carbons (Fsp3) is 0.250. The van der Waals surface area contributed by atoms with Crippen molar-refractivity contribution in [2.24, 2.45) is 12.8 Å². The molecule has 2 aromatic rings. The predicted octanol–water partition coefficient (Wildman–Crippen LogP) is 2.13. The molecule has 1 aromatic heterocycles. The summed E-state index contributed by atoms with van der Waals surface area (Å²) in [6.07, 6.45) is 0. The number of rotatable bonds is 2. The van der Waals surface area contributed by atoms with Gasteiger partial charge in [0.25, 0.3) is 0 Å². The Morgan fingerprint density at radius 1 is 1.35 bits per heavy atom. The molecule has 17 heavy (non-hydrogen) atoms. The van der Waals surface area contributed by atoms with Crippen LogP contribution in [-0.4, -0.2) is 9.78 Å². The number of hydrogen-bond donors (Lipinski definition) is 1. The number of aromatic nitrogens is 2. The lowest BCUT2D eigenvalue weighted by atomic mass is 10.1. The molecule has 0 saturated carbocycles. The number of benzene rings is 1. The Morgan fingerprint density at radius 2 is 2.06 bits per heavy atom. The van der Waals surface area contributed by atoms with Gasteiger partial charge in [-0.15, -0.1) is 0 Å². The van der Waals surface area contributed by atoms with Gasteiger partial charge in [-0.1, -0.05) is 0 Å². The Balaban J connectivity index is 2.64. The van der Waals surface area contributed by atoms with Gasteiger partial charge in [-0.2, -0.15) is 5.10 Å². The third-order valence-electron chi connectivity index (χ3n) is 2.76. The first-order chi connectivity index (χ1) is 8.04. The van der Waals surface area contributed by atoms with Gasteiger partial charge in [0.05, 0.1) is 11.4 Å². The van der Waals surface area contributed by atoms with Crippen molar-refractivity contribution >= 4 is 0 Å². The Bertz CT molecular complexity index is 561. The quantitative estimate of drug-likeness (QED) is 0.869. The van der Waals surface area contributed by atoms with Crippen LogP contribution in [0.1, 0.15) is 11.3 Å². The summed E-state index contributed by atoms with van der Waals surface area (Å²) in [6.45, 7) is 2.12. The molecular formula is C12H13F2N3. The van der Waals surface area contributed by atoms with Crippen molar-refractivity contribution in [3.63, 3.8) is 0 Å². The third-order valence-corrected chi connectivity index (χ3v) is 2.76. The van der Waals surface area contributed by atoms with Gasteiger partial charge in [0.1, 0.15) is 11.6 Å². The highest BCUT2D eigenvalue weighted by atomic mass is 19.1. The molecule has 3 nitrogen and oxygen atoms in total. The van der Waals surface area contributed by atoms with Crippen LogP contribution in [0.15, 0.2) is 18.2 Å². The fourth-order valence-electron chi connectivity index (χ4n) is 1.94. The number of hydrogen-bond acceptors (Lipinski definition) is 2. The van der Waals surface area contributed by atoms with Gasteiger partial charge in [-0.3, -0.25) is 4.68 Å². The lowest BCUT2D eigenvalue weighted by Gasteiger charge is -2.05. The summed E-state index contributed by atoms with van der Waals surface area (Å²) in [5.41, 5.74) is 8.04. The molecule has 90 valence electrons. The van der Waals surface area contributed by atoms with E-state index in [1.54, 1.807) is 11.7 Å². The molecule has 0 fully saturated rings. The number of halogens is 2. The summed E-state index contributed by atoms with van der Waals surface area (Å²) in [5, 5.41) is 4.20. The molecular weight excluding hydrogens is 224 g/mol. The molecule has 0 unspecified atom stereocenters. The minimum Gasteiger partial charge on any atom is -0.325 e. The Labute approximate surface area is 97.9 Å². The zero-order valence-corrected chi connectivity index (χ0v) is 9.67. The highest BCUT2D eigenvalue weighted by Crippen LogP contribution is 2.27. The molecule has 0 aliphatic carbocycles. The zero-order chi connectivity index (χ0) is 12.6. The molecule has 0 bridgehead atoms. The van der Waals surface area contributed by atoms with E-state index in [1.807, 2.05) is 6.92 Å². The maximum atomic E-state index is 13.7. The first-order valence-electron chi connectivity index (χ1n) is 5.22. The second-order valence-electron chi connectivity index (χ2n) is 3.87. The first-order valence-corrected chi connectivity index (χ1v) is 5.22. The average molecular weight is 237 g/mol. The predicted molar refractivity (Wildman–Crippen MR) is 61.2 cm³/mol. The summed E-state index contributed by atoms with van der Waals surface area (Å²) in [5.74, 6) is -1.19. The summed E-state index contributed by atoms with van der Waals surface area (Å²) < 4.78 is 28.1. The summed E-state index contributed by atoms with van der Waals surface area (Å²) >= 11 is 0. The Hall–Kier alpha value is -1.75. The smallest absolute Gasteiger partial charge is 0.135 e. The molecule has 1 aromatic carbocycles. The lowest BCUT2D eigenvalue weighted by molar-refractivity contribution is 0.584.